The van der Waals surface area contributed by atoms with Crippen LogP contribution in [0.3, 0.4) is 0 Å². The molecule has 0 bridgehead atoms. The van der Waals surface area contributed by atoms with Crippen LogP contribution in [0.25, 0.3) is 10.9 Å². The van der Waals surface area contributed by atoms with Gasteiger partial charge in [-0.3, -0.25) is 4.79 Å². The first kappa shape index (κ1) is 26.0. The predicted octanol–water partition coefficient (Wildman–Crippen LogP) is 6.30. The van der Waals surface area contributed by atoms with Crippen molar-refractivity contribution in [3.63, 3.8) is 0 Å². The summed E-state index contributed by atoms with van der Waals surface area (Å²) >= 11 is 0. The maximum Gasteiger partial charge on any atom is 0.322 e. The molecule has 6 nitrogen and oxygen atoms in total. The van der Waals surface area contributed by atoms with E-state index >= 15 is 0 Å². The molecule has 0 saturated heterocycles. The quantitative estimate of drug-likeness (QED) is 0.271. The highest BCUT2D eigenvalue weighted by atomic mass is 16.2. The topological polar surface area (TPSA) is 68.4 Å². The number of hydrogen-bond acceptors (Lipinski definition) is 2. The van der Waals surface area contributed by atoms with Gasteiger partial charge in [0.05, 0.1) is 0 Å². The van der Waals surface area contributed by atoms with Crippen LogP contribution in [0.4, 0.5) is 10.5 Å². The number of nitrogens with zero attached hydrogens (tertiary/aromatic N) is 2. The Morgan fingerprint density at radius 3 is 2.41 bits per heavy atom. The summed E-state index contributed by atoms with van der Waals surface area (Å²) in [6.45, 7) is 7.62. The third kappa shape index (κ3) is 6.79. The van der Waals surface area contributed by atoms with Crippen molar-refractivity contribution in [1.82, 2.24) is 14.8 Å². The first-order chi connectivity index (χ1) is 17.9. The van der Waals surface area contributed by atoms with Crippen LogP contribution in [0.1, 0.15) is 35.6 Å². The molecule has 0 radical (unpaired) electrons. The molecule has 0 saturated carbocycles. The number of fused-ring (bicyclic) bond motifs is 1. The van der Waals surface area contributed by atoms with E-state index in [1.54, 1.807) is 4.90 Å². The summed E-state index contributed by atoms with van der Waals surface area (Å²) in [4.78, 5) is 33.6. The van der Waals surface area contributed by atoms with Crippen molar-refractivity contribution >= 4 is 28.5 Å². The second-order valence-corrected chi connectivity index (χ2v) is 9.58. The highest BCUT2D eigenvalue weighted by Crippen LogP contribution is 2.20. The summed E-state index contributed by atoms with van der Waals surface area (Å²) < 4.78 is 0. The number of carbonyl (C=O) groups is 2. The van der Waals surface area contributed by atoms with Gasteiger partial charge in [-0.25, -0.2) is 4.79 Å². The lowest BCUT2D eigenvalue weighted by molar-refractivity contribution is -0.132. The molecule has 0 aliphatic heterocycles. The van der Waals surface area contributed by atoms with Crippen LogP contribution >= 0.6 is 0 Å². The molecule has 37 heavy (non-hydrogen) atoms. The number of carbonyl (C=O) groups excluding carboxylic acids is 2. The number of benzene rings is 3. The van der Waals surface area contributed by atoms with E-state index in [-0.39, 0.29) is 18.5 Å². The Balaban J connectivity index is 1.49. The maximum atomic E-state index is 13.6. The summed E-state index contributed by atoms with van der Waals surface area (Å²) in [5, 5.41) is 4.18. The number of para-hydroxylation sites is 1. The molecule has 2 N–H and O–H groups in total. The highest BCUT2D eigenvalue weighted by Gasteiger charge is 2.22. The molecule has 4 aromatic rings. The van der Waals surface area contributed by atoms with E-state index in [2.05, 4.69) is 22.4 Å². The Kier molecular flexibility index (Phi) is 8.62. The lowest BCUT2D eigenvalue weighted by Crippen LogP contribution is -2.45. The van der Waals surface area contributed by atoms with Crippen LogP contribution in [0.15, 0.2) is 79.0 Å². The maximum absolute atomic E-state index is 13.6. The standard InChI is InChI=1S/C31H36N4O2/c1-4-17-35(31(37)33-28-15-14-23(2)19-24(28)3)22-30(36)34(21-25-10-6-5-7-11-25)18-16-26-20-32-29-13-9-8-12-27(26)29/h5-15,19-20,32H,4,16-18,21-22H2,1-3H3,(H,33,37). The van der Waals surface area contributed by atoms with Gasteiger partial charge in [-0.05, 0) is 55.5 Å². The molecule has 1 aromatic heterocycles. The van der Waals surface area contributed by atoms with Crippen molar-refractivity contribution in [1.29, 1.82) is 0 Å². The van der Waals surface area contributed by atoms with Crippen molar-refractivity contribution in [3.8, 4) is 0 Å². The van der Waals surface area contributed by atoms with Crippen molar-refractivity contribution in [3.05, 3.63) is 101 Å². The van der Waals surface area contributed by atoms with Crippen LogP contribution in [0.5, 0.6) is 0 Å². The second kappa shape index (κ2) is 12.3. The molecule has 0 atom stereocenters. The molecule has 6 heteroatoms. The second-order valence-electron chi connectivity index (χ2n) is 9.58. The first-order valence-electron chi connectivity index (χ1n) is 12.9. The Hall–Kier alpha value is -4.06. The van der Waals surface area contributed by atoms with Gasteiger partial charge < -0.3 is 20.1 Å². The number of rotatable bonds is 10. The fourth-order valence-corrected chi connectivity index (χ4v) is 4.62. The molecule has 192 valence electrons. The van der Waals surface area contributed by atoms with E-state index < -0.39 is 0 Å². The lowest BCUT2D eigenvalue weighted by Gasteiger charge is -2.28. The number of aromatic nitrogens is 1. The highest BCUT2D eigenvalue weighted by molar-refractivity contribution is 5.93. The van der Waals surface area contributed by atoms with E-state index in [4.69, 9.17) is 0 Å². The van der Waals surface area contributed by atoms with E-state index in [9.17, 15) is 9.59 Å². The van der Waals surface area contributed by atoms with Crippen LogP contribution in [-0.4, -0.2) is 46.4 Å². The van der Waals surface area contributed by atoms with Crippen molar-refractivity contribution in [2.24, 2.45) is 0 Å². The molecule has 0 spiro atoms. The van der Waals surface area contributed by atoms with E-state index in [0.717, 1.165) is 40.7 Å². The monoisotopic (exact) mass is 496 g/mol. The predicted molar refractivity (Wildman–Crippen MR) is 151 cm³/mol. The average Bonchev–Trinajstić information content (AvgIpc) is 3.31. The summed E-state index contributed by atoms with van der Waals surface area (Å²) in [5.74, 6) is -0.0621. The molecule has 0 aliphatic rings. The molecule has 0 aliphatic carbocycles. The number of aryl methyl sites for hydroxylation is 2. The summed E-state index contributed by atoms with van der Waals surface area (Å²) in [7, 11) is 0. The normalized spacial score (nSPS) is 10.9. The van der Waals surface area contributed by atoms with Crippen molar-refractivity contribution in [2.75, 3.05) is 25.0 Å². The van der Waals surface area contributed by atoms with Gasteiger partial charge in [0, 0.05) is 42.4 Å². The van der Waals surface area contributed by atoms with Crippen LogP contribution in [0, 0.1) is 13.8 Å². The van der Waals surface area contributed by atoms with Gasteiger partial charge in [-0.1, -0.05) is 73.2 Å². The number of hydrogen-bond donors (Lipinski definition) is 2. The molecule has 0 fully saturated rings. The Morgan fingerprint density at radius 1 is 0.892 bits per heavy atom. The molecule has 4 rings (SSSR count). The SMILES string of the molecule is CCCN(CC(=O)N(CCc1c[nH]c2ccccc12)Cc1ccccc1)C(=O)Nc1ccc(C)cc1C. The minimum atomic E-state index is -0.251. The van der Waals surface area contributed by atoms with Gasteiger partial charge >= 0.3 is 6.03 Å². The Labute approximate surface area is 219 Å². The van der Waals surface area contributed by atoms with Gasteiger partial charge in [-0.2, -0.15) is 0 Å². The van der Waals surface area contributed by atoms with Crippen LogP contribution in [0.2, 0.25) is 0 Å². The Morgan fingerprint density at radius 2 is 1.65 bits per heavy atom. The van der Waals surface area contributed by atoms with E-state index in [1.165, 1.54) is 10.9 Å². The zero-order chi connectivity index (χ0) is 26.2. The third-order valence-electron chi connectivity index (χ3n) is 6.63. The summed E-state index contributed by atoms with van der Waals surface area (Å²) in [5.41, 5.74) is 6.25. The number of nitrogens with one attached hydrogen (secondary N) is 2. The fourth-order valence-electron chi connectivity index (χ4n) is 4.62. The van der Waals surface area contributed by atoms with Crippen LogP contribution in [-0.2, 0) is 17.8 Å². The van der Waals surface area contributed by atoms with Gasteiger partial charge in [0.1, 0.15) is 6.54 Å². The largest absolute Gasteiger partial charge is 0.361 e. The lowest BCUT2D eigenvalue weighted by atomic mass is 10.1. The van der Waals surface area contributed by atoms with Gasteiger partial charge in [0.2, 0.25) is 5.91 Å². The van der Waals surface area contributed by atoms with Crippen molar-refractivity contribution < 1.29 is 9.59 Å². The van der Waals surface area contributed by atoms with Gasteiger partial charge in [-0.15, -0.1) is 0 Å². The minimum absolute atomic E-state index is 0.0330. The molecule has 1 heterocycles. The number of amides is 3. The summed E-state index contributed by atoms with van der Waals surface area (Å²) in [6, 6.07) is 23.9. The van der Waals surface area contributed by atoms with Crippen molar-refractivity contribution in [2.45, 2.75) is 40.2 Å². The third-order valence-corrected chi connectivity index (χ3v) is 6.63. The van der Waals surface area contributed by atoms with Gasteiger partial charge in [0.15, 0.2) is 0 Å². The molecular weight excluding hydrogens is 460 g/mol. The van der Waals surface area contributed by atoms with E-state index in [0.29, 0.717) is 19.6 Å². The Bertz CT molecular complexity index is 1350. The average molecular weight is 497 g/mol. The van der Waals surface area contributed by atoms with E-state index in [1.807, 2.05) is 92.5 Å². The molecular formula is C31H36N4O2. The number of anilines is 1. The smallest absolute Gasteiger partial charge is 0.322 e. The zero-order valence-electron chi connectivity index (χ0n) is 22.0. The summed E-state index contributed by atoms with van der Waals surface area (Å²) in [6.07, 6.45) is 3.52. The zero-order valence-corrected chi connectivity index (χ0v) is 22.0. The molecule has 3 aromatic carbocycles. The fraction of sp³-hybridized carbons (Fsp3) is 0.290. The minimum Gasteiger partial charge on any atom is -0.361 e. The number of H-pyrrole nitrogens is 1. The molecule has 3 amide bonds. The van der Waals surface area contributed by atoms with Crippen LogP contribution < -0.4 is 5.32 Å². The number of aromatic amines is 1. The first-order valence-corrected chi connectivity index (χ1v) is 12.9. The van der Waals surface area contributed by atoms with Gasteiger partial charge in [0.25, 0.3) is 0 Å². The molecule has 0 unspecified atom stereocenters. The number of urea groups is 1.